The van der Waals surface area contributed by atoms with Crippen LogP contribution in [0.2, 0.25) is 0 Å². The fourth-order valence-electron chi connectivity index (χ4n) is 2.50. The van der Waals surface area contributed by atoms with Crippen molar-refractivity contribution in [1.29, 1.82) is 0 Å². The van der Waals surface area contributed by atoms with Gasteiger partial charge >= 0.3 is 5.97 Å². The Morgan fingerprint density at radius 2 is 1.96 bits per heavy atom. The number of esters is 1. The van der Waals surface area contributed by atoms with E-state index in [0.717, 1.165) is 11.8 Å². The smallest absolute Gasteiger partial charge is 0.316 e. The number of nitrogens with zero attached hydrogens (tertiary/aromatic N) is 4. The molecule has 11 heteroatoms. The van der Waals surface area contributed by atoms with Crippen LogP contribution in [0.15, 0.2) is 34.3 Å². The second-order valence-electron chi connectivity index (χ2n) is 6.12. The van der Waals surface area contributed by atoms with E-state index in [1.54, 1.807) is 39.8 Å². The molecule has 2 aromatic rings. The van der Waals surface area contributed by atoms with Gasteiger partial charge < -0.3 is 10.6 Å². The first kappa shape index (κ1) is 22.2. The van der Waals surface area contributed by atoms with Crippen molar-refractivity contribution in [2.75, 3.05) is 24.7 Å². The number of hydrogen-bond acceptors (Lipinski definition) is 8. The predicted octanol–water partition coefficient (Wildman–Crippen LogP) is 1.73. The van der Waals surface area contributed by atoms with E-state index in [9.17, 15) is 13.2 Å². The molecule has 0 saturated carbocycles. The molecule has 1 heterocycles. The Morgan fingerprint density at radius 3 is 2.57 bits per heavy atom. The number of ether oxygens (including phenoxy) is 1. The van der Waals surface area contributed by atoms with Crippen LogP contribution in [0, 0.1) is 0 Å². The molecule has 154 valence electrons. The molecule has 28 heavy (non-hydrogen) atoms. The van der Waals surface area contributed by atoms with Gasteiger partial charge in [-0.1, -0.05) is 37.7 Å². The lowest BCUT2D eigenvalue weighted by molar-refractivity contribution is -0.144. The van der Waals surface area contributed by atoms with Crippen LogP contribution in [0.1, 0.15) is 27.7 Å². The zero-order chi connectivity index (χ0) is 20.9. The fraction of sp³-hybridized carbons (Fsp3) is 0.471. The van der Waals surface area contributed by atoms with Gasteiger partial charge in [0.05, 0.1) is 16.8 Å². The van der Waals surface area contributed by atoms with E-state index in [1.165, 1.54) is 21.1 Å². The number of thioether (sulfide) groups is 1. The summed E-state index contributed by atoms with van der Waals surface area (Å²) in [6.45, 7) is 7.87. The van der Waals surface area contributed by atoms with E-state index in [-0.39, 0.29) is 22.7 Å². The molecule has 2 rings (SSSR count). The molecule has 1 aromatic heterocycles. The Hall–Kier alpha value is -2.11. The molecular weight excluding hydrogens is 402 g/mol. The zero-order valence-corrected chi connectivity index (χ0v) is 18.0. The van der Waals surface area contributed by atoms with Crippen molar-refractivity contribution in [2.24, 2.45) is 0 Å². The molecule has 0 aliphatic heterocycles. The standard InChI is InChI=1S/C17H25N5O4S2/c1-5-21(6-2)28(24,25)14-9-7-8-13(10-14)16-19-20-17(22(16)18)27-11-15(23)26-12(3)4/h7-10,12H,5-6,11,18H2,1-4H3. The van der Waals surface area contributed by atoms with Crippen molar-refractivity contribution in [2.45, 2.75) is 43.9 Å². The number of sulfonamides is 1. The molecule has 9 nitrogen and oxygen atoms in total. The van der Waals surface area contributed by atoms with Gasteiger partial charge in [0.1, 0.15) is 0 Å². The topological polar surface area (TPSA) is 120 Å². The number of carbonyl (C=O) groups is 1. The first-order valence-corrected chi connectivity index (χ1v) is 11.3. The zero-order valence-electron chi connectivity index (χ0n) is 16.3. The quantitative estimate of drug-likeness (QED) is 0.365. The molecule has 0 bridgehead atoms. The van der Waals surface area contributed by atoms with Crippen LogP contribution in [-0.4, -0.2) is 58.5 Å². The second kappa shape index (κ2) is 9.39. The summed E-state index contributed by atoms with van der Waals surface area (Å²) >= 11 is 1.10. The highest BCUT2D eigenvalue weighted by atomic mass is 32.2. The average molecular weight is 428 g/mol. The van der Waals surface area contributed by atoms with E-state index in [2.05, 4.69) is 10.2 Å². The van der Waals surface area contributed by atoms with Crippen LogP contribution in [0.25, 0.3) is 11.4 Å². The van der Waals surface area contributed by atoms with Crippen molar-refractivity contribution < 1.29 is 17.9 Å². The molecule has 0 saturated heterocycles. The Bertz CT molecular complexity index is 923. The van der Waals surface area contributed by atoms with E-state index in [1.807, 2.05) is 0 Å². The van der Waals surface area contributed by atoms with E-state index < -0.39 is 10.0 Å². The summed E-state index contributed by atoms with van der Waals surface area (Å²) in [5.74, 6) is 6.02. The maximum Gasteiger partial charge on any atom is 0.316 e. The first-order valence-electron chi connectivity index (χ1n) is 8.84. The van der Waals surface area contributed by atoms with Gasteiger partial charge in [0.15, 0.2) is 5.82 Å². The van der Waals surface area contributed by atoms with Gasteiger partial charge in [-0.2, -0.15) is 4.31 Å². The van der Waals surface area contributed by atoms with Gasteiger partial charge in [-0.15, -0.1) is 10.2 Å². The Balaban J connectivity index is 2.25. The average Bonchev–Trinajstić information content (AvgIpc) is 3.01. The predicted molar refractivity (Wildman–Crippen MR) is 108 cm³/mol. The van der Waals surface area contributed by atoms with Crippen LogP contribution in [0.4, 0.5) is 0 Å². The Labute approximate surface area is 169 Å². The Morgan fingerprint density at radius 1 is 1.29 bits per heavy atom. The maximum absolute atomic E-state index is 12.7. The van der Waals surface area contributed by atoms with E-state index in [0.29, 0.717) is 29.6 Å². The monoisotopic (exact) mass is 427 g/mol. The molecule has 0 atom stereocenters. The summed E-state index contributed by atoms with van der Waals surface area (Å²) in [6, 6.07) is 6.39. The minimum absolute atomic E-state index is 0.0455. The summed E-state index contributed by atoms with van der Waals surface area (Å²) in [4.78, 5) is 11.8. The van der Waals surface area contributed by atoms with Crippen LogP contribution in [-0.2, 0) is 19.6 Å². The maximum atomic E-state index is 12.7. The number of nitrogen functional groups attached to an aromatic ring is 1. The normalized spacial score (nSPS) is 11.9. The highest BCUT2D eigenvalue weighted by molar-refractivity contribution is 7.99. The van der Waals surface area contributed by atoms with Crippen LogP contribution >= 0.6 is 11.8 Å². The molecule has 0 unspecified atom stereocenters. The van der Waals surface area contributed by atoms with Crippen molar-refractivity contribution in [1.82, 2.24) is 19.2 Å². The minimum atomic E-state index is -3.60. The number of carbonyl (C=O) groups excluding carboxylic acids is 1. The minimum Gasteiger partial charge on any atom is -0.462 e. The SMILES string of the molecule is CCN(CC)S(=O)(=O)c1cccc(-c2nnc(SCC(=O)OC(C)C)n2N)c1. The molecular formula is C17H25N5O4S2. The third-order valence-corrected chi connectivity index (χ3v) is 6.75. The summed E-state index contributed by atoms with van der Waals surface area (Å²) in [7, 11) is -3.60. The summed E-state index contributed by atoms with van der Waals surface area (Å²) in [5, 5.41) is 8.35. The molecule has 0 aliphatic rings. The summed E-state index contributed by atoms with van der Waals surface area (Å²) in [6.07, 6.45) is -0.199. The molecule has 0 fully saturated rings. The lowest BCUT2D eigenvalue weighted by Gasteiger charge is -2.18. The van der Waals surface area contributed by atoms with Gasteiger partial charge in [0.25, 0.3) is 0 Å². The van der Waals surface area contributed by atoms with Crippen LogP contribution in [0.5, 0.6) is 0 Å². The molecule has 2 N–H and O–H groups in total. The number of aromatic nitrogens is 3. The molecule has 0 aliphatic carbocycles. The third kappa shape index (κ3) is 5.03. The summed E-state index contributed by atoms with van der Waals surface area (Å²) < 4.78 is 33.1. The van der Waals surface area contributed by atoms with Gasteiger partial charge in [0.2, 0.25) is 15.2 Å². The van der Waals surface area contributed by atoms with E-state index >= 15 is 0 Å². The first-order chi connectivity index (χ1) is 13.2. The molecule has 0 spiro atoms. The van der Waals surface area contributed by atoms with Crippen molar-refractivity contribution in [3.8, 4) is 11.4 Å². The highest BCUT2D eigenvalue weighted by Crippen LogP contribution is 2.25. The van der Waals surface area contributed by atoms with E-state index in [4.69, 9.17) is 10.6 Å². The highest BCUT2D eigenvalue weighted by Gasteiger charge is 2.23. The summed E-state index contributed by atoms with van der Waals surface area (Å²) in [5.41, 5.74) is 0.514. The fourth-order valence-corrected chi connectivity index (χ4v) is 4.64. The number of hydrogen-bond donors (Lipinski definition) is 1. The van der Waals surface area contributed by atoms with Crippen molar-refractivity contribution >= 4 is 27.8 Å². The molecule has 0 amide bonds. The van der Waals surface area contributed by atoms with Gasteiger partial charge in [0, 0.05) is 18.7 Å². The lowest BCUT2D eigenvalue weighted by atomic mass is 10.2. The van der Waals surface area contributed by atoms with Crippen molar-refractivity contribution in [3.05, 3.63) is 24.3 Å². The molecule has 0 radical (unpaired) electrons. The Kier molecular flexibility index (Phi) is 7.44. The number of rotatable bonds is 9. The number of nitrogens with two attached hydrogens (primary N) is 1. The number of benzene rings is 1. The van der Waals surface area contributed by atoms with Crippen LogP contribution < -0.4 is 5.84 Å². The van der Waals surface area contributed by atoms with Crippen molar-refractivity contribution in [3.63, 3.8) is 0 Å². The largest absolute Gasteiger partial charge is 0.462 e. The molecule has 1 aromatic carbocycles. The van der Waals surface area contributed by atoms with Gasteiger partial charge in [-0.25, -0.2) is 13.1 Å². The van der Waals surface area contributed by atoms with Crippen LogP contribution in [0.3, 0.4) is 0 Å². The van der Waals surface area contributed by atoms with Gasteiger partial charge in [-0.3, -0.25) is 4.79 Å². The third-order valence-electron chi connectivity index (χ3n) is 3.79. The second-order valence-corrected chi connectivity index (χ2v) is 9.00. The van der Waals surface area contributed by atoms with Gasteiger partial charge in [-0.05, 0) is 26.0 Å². The lowest BCUT2D eigenvalue weighted by Crippen LogP contribution is -2.30.